The SMILES string of the molecule is C=CCN(CCC)C(=O)[C@@H]1[C@H]2C(=O)N(CCCCO)C(C(=O)N(CC=C)c3ccccc3Cl)C23CC[C@H]1S3. The van der Waals surface area contributed by atoms with Crippen molar-refractivity contribution >= 4 is 46.8 Å². The van der Waals surface area contributed by atoms with Crippen LogP contribution in [0.25, 0.3) is 0 Å². The fourth-order valence-electron chi connectivity index (χ4n) is 6.53. The number of aliphatic hydroxyl groups excluding tert-OH is 1. The Morgan fingerprint density at radius 3 is 2.61 bits per heavy atom. The molecule has 206 valence electrons. The van der Waals surface area contributed by atoms with Crippen LogP contribution in [0.2, 0.25) is 5.02 Å². The molecule has 0 aliphatic carbocycles. The Hall–Kier alpha value is -2.29. The summed E-state index contributed by atoms with van der Waals surface area (Å²) in [5.74, 6) is -1.35. The van der Waals surface area contributed by atoms with E-state index >= 15 is 0 Å². The number of halogens is 1. The second kappa shape index (κ2) is 12.3. The van der Waals surface area contributed by atoms with Gasteiger partial charge in [-0.05, 0) is 44.2 Å². The second-order valence-electron chi connectivity index (χ2n) is 10.3. The number of fused-ring (bicyclic) bond motifs is 1. The van der Waals surface area contributed by atoms with Crippen molar-refractivity contribution in [2.45, 2.75) is 55.1 Å². The molecule has 4 rings (SSSR count). The molecule has 1 aromatic rings. The molecule has 3 aliphatic heterocycles. The van der Waals surface area contributed by atoms with Gasteiger partial charge in [0.25, 0.3) is 5.91 Å². The first-order valence-corrected chi connectivity index (χ1v) is 14.8. The van der Waals surface area contributed by atoms with Crippen LogP contribution < -0.4 is 4.90 Å². The van der Waals surface area contributed by atoms with Crippen LogP contribution in [0.15, 0.2) is 49.6 Å². The molecule has 3 heterocycles. The molecular weight excluding hydrogens is 522 g/mol. The van der Waals surface area contributed by atoms with Gasteiger partial charge < -0.3 is 19.8 Å². The number of carbonyl (C=O) groups excluding carboxylic acids is 3. The maximum atomic E-state index is 14.5. The monoisotopic (exact) mass is 559 g/mol. The maximum absolute atomic E-state index is 14.5. The Balaban J connectivity index is 1.75. The highest BCUT2D eigenvalue weighted by Crippen LogP contribution is 2.66. The standard InChI is InChI=1S/C29H38ClN3O4S/c1-4-15-31(16-5-2)26(35)23-22-13-14-29(38-22)24(23)27(36)33(18-9-10-19-34)25(29)28(37)32(17-6-3)21-12-8-7-11-20(21)30/h4,6-8,11-12,22-25,34H,1,3,5,9-10,13-19H2,2H3/t22-,23+,24+,25?,29?/m1/s1. The highest BCUT2D eigenvalue weighted by atomic mass is 35.5. The first-order valence-electron chi connectivity index (χ1n) is 13.5. The molecule has 3 amide bonds. The van der Waals surface area contributed by atoms with Crippen LogP contribution in [0.4, 0.5) is 5.69 Å². The van der Waals surface area contributed by atoms with E-state index in [4.69, 9.17) is 11.6 Å². The number of para-hydroxylation sites is 1. The molecule has 2 bridgehead atoms. The number of likely N-dealkylation sites (tertiary alicyclic amines) is 1. The third kappa shape index (κ3) is 4.91. The molecule has 0 radical (unpaired) electrons. The average molecular weight is 560 g/mol. The van der Waals surface area contributed by atoms with E-state index in [2.05, 4.69) is 13.2 Å². The molecular formula is C29H38ClN3O4S. The molecule has 2 unspecified atom stereocenters. The highest BCUT2D eigenvalue weighted by molar-refractivity contribution is 8.02. The van der Waals surface area contributed by atoms with Crippen molar-refractivity contribution in [1.82, 2.24) is 9.80 Å². The lowest BCUT2D eigenvalue weighted by atomic mass is 9.70. The summed E-state index contributed by atoms with van der Waals surface area (Å²) >= 11 is 8.19. The maximum Gasteiger partial charge on any atom is 0.251 e. The van der Waals surface area contributed by atoms with E-state index in [1.54, 1.807) is 50.7 Å². The summed E-state index contributed by atoms with van der Waals surface area (Å²) in [5.41, 5.74) is 0.576. The number of rotatable bonds is 13. The van der Waals surface area contributed by atoms with Crippen LogP contribution in [0.1, 0.15) is 39.0 Å². The molecule has 5 atom stereocenters. The molecule has 1 N–H and O–H groups in total. The Bertz CT molecular complexity index is 1080. The number of thioether (sulfide) groups is 1. The van der Waals surface area contributed by atoms with Crippen molar-refractivity contribution < 1.29 is 19.5 Å². The summed E-state index contributed by atoms with van der Waals surface area (Å²) in [5, 5.41) is 9.85. The van der Waals surface area contributed by atoms with E-state index in [-0.39, 0.29) is 36.1 Å². The van der Waals surface area contributed by atoms with Gasteiger partial charge in [-0.2, -0.15) is 0 Å². The van der Waals surface area contributed by atoms with Gasteiger partial charge in [-0.25, -0.2) is 0 Å². The predicted molar refractivity (Wildman–Crippen MR) is 153 cm³/mol. The zero-order valence-corrected chi connectivity index (χ0v) is 23.6. The zero-order valence-electron chi connectivity index (χ0n) is 22.1. The third-order valence-corrected chi connectivity index (χ3v) is 10.3. The summed E-state index contributed by atoms with van der Waals surface area (Å²) in [4.78, 5) is 47.6. The molecule has 3 saturated heterocycles. The Labute approximate surface area is 234 Å². The minimum atomic E-state index is -0.721. The topological polar surface area (TPSA) is 81.2 Å². The number of carbonyl (C=O) groups is 3. The number of amides is 3. The fourth-order valence-corrected chi connectivity index (χ4v) is 8.97. The second-order valence-corrected chi connectivity index (χ2v) is 12.3. The molecule has 38 heavy (non-hydrogen) atoms. The summed E-state index contributed by atoms with van der Waals surface area (Å²) in [6.07, 6.45) is 6.81. The summed E-state index contributed by atoms with van der Waals surface area (Å²) in [6.45, 7) is 11.4. The van der Waals surface area contributed by atoms with Crippen LogP contribution in [-0.2, 0) is 14.4 Å². The van der Waals surface area contributed by atoms with E-state index in [1.165, 1.54) is 0 Å². The van der Waals surface area contributed by atoms with Crippen LogP contribution in [0.3, 0.4) is 0 Å². The molecule has 3 aliphatic rings. The molecule has 7 nitrogen and oxygen atoms in total. The van der Waals surface area contributed by atoms with Gasteiger partial charge in [-0.15, -0.1) is 24.9 Å². The molecule has 1 spiro atoms. The van der Waals surface area contributed by atoms with Gasteiger partial charge in [0.15, 0.2) is 0 Å². The lowest BCUT2D eigenvalue weighted by Gasteiger charge is -2.37. The molecule has 0 saturated carbocycles. The number of nitrogens with zero attached hydrogens (tertiary/aromatic N) is 3. The van der Waals surface area contributed by atoms with Crippen molar-refractivity contribution in [2.75, 3.05) is 37.7 Å². The number of aliphatic hydroxyl groups is 1. The number of hydrogen-bond donors (Lipinski definition) is 1. The first kappa shape index (κ1) is 28.7. The van der Waals surface area contributed by atoms with E-state index < -0.39 is 22.6 Å². The van der Waals surface area contributed by atoms with Crippen molar-refractivity contribution in [3.63, 3.8) is 0 Å². The number of benzene rings is 1. The van der Waals surface area contributed by atoms with Crippen molar-refractivity contribution in [1.29, 1.82) is 0 Å². The average Bonchev–Trinajstić information content (AvgIpc) is 3.55. The van der Waals surface area contributed by atoms with E-state index in [1.807, 2.05) is 19.1 Å². The van der Waals surface area contributed by atoms with Gasteiger partial charge in [0.2, 0.25) is 11.8 Å². The van der Waals surface area contributed by atoms with Crippen molar-refractivity contribution in [3.05, 3.63) is 54.6 Å². The van der Waals surface area contributed by atoms with Gasteiger partial charge in [-0.3, -0.25) is 14.4 Å². The quantitative estimate of drug-likeness (QED) is 0.290. The molecule has 9 heteroatoms. The van der Waals surface area contributed by atoms with Gasteiger partial charge in [0.05, 0.1) is 27.3 Å². The first-order chi connectivity index (χ1) is 18.4. The van der Waals surface area contributed by atoms with Gasteiger partial charge in [-0.1, -0.05) is 42.8 Å². The lowest BCUT2D eigenvalue weighted by molar-refractivity contribution is -0.143. The summed E-state index contributed by atoms with van der Waals surface area (Å²) < 4.78 is -0.675. The molecule has 3 fully saturated rings. The van der Waals surface area contributed by atoms with Gasteiger partial charge >= 0.3 is 0 Å². The summed E-state index contributed by atoms with van der Waals surface area (Å²) in [7, 11) is 0. The number of anilines is 1. The van der Waals surface area contributed by atoms with E-state index in [9.17, 15) is 19.5 Å². The molecule has 1 aromatic carbocycles. The van der Waals surface area contributed by atoms with Crippen LogP contribution >= 0.6 is 23.4 Å². The third-order valence-electron chi connectivity index (χ3n) is 8.00. The number of hydrogen-bond acceptors (Lipinski definition) is 5. The Kier molecular flexibility index (Phi) is 9.27. The number of unbranched alkanes of at least 4 members (excludes halogenated alkanes) is 1. The lowest BCUT2D eigenvalue weighted by Crippen LogP contribution is -2.55. The van der Waals surface area contributed by atoms with Crippen LogP contribution in [0, 0.1) is 11.8 Å². The smallest absolute Gasteiger partial charge is 0.251 e. The fraction of sp³-hybridized carbons (Fsp3) is 0.552. The van der Waals surface area contributed by atoms with Crippen LogP contribution in [-0.4, -0.2) is 81.5 Å². The van der Waals surface area contributed by atoms with Gasteiger partial charge in [0.1, 0.15) is 6.04 Å². The summed E-state index contributed by atoms with van der Waals surface area (Å²) in [6, 6.07) is 6.47. The van der Waals surface area contributed by atoms with Crippen molar-refractivity contribution in [3.8, 4) is 0 Å². The highest BCUT2D eigenvalue weighted by Gasteiger charge is 2.74. The van der Waals surface area contributed by atoms with Crippen LogP contribution in [0.5, 0.6) is 0 Å². The minimum Gasteiger partial charge on any atom is -0.396 e. The van der Waals surface area contributed by atoms with Gasteiger partial charge in [0, 0.05) is 38.0 Å². The Morgan fingerprint density at radius 1 is 1.21 bits per heavy atom. The predicted octanol–water partition coefficient (Wildman–Crippen LogP) is 4.15. The minimum absolute atomic E-state index is 0.00341. The van der Waals surface area contributed by atoms with E-state index in [0.717, 1.165) is 12.8 Å². The Morgan fingerprint density at radius 2 is 1.95 bits per heavy atom. The normalized spacial score (nSPS) is 27.3. The van der Waals surface area contributed by atoms with Crippen molar-refractivity contribution in [2.24, 2.45) is 11.8 Å². The molecule has 0 aromatic heterocycles. The van der Waals surface area contributed by atoms with E-state index in [0.29, 0.717) is 49.6 Å². The largest absolute Gasteiger partial charge is 0.396 e. The zero-order chi connectivity index (χ0) is 27.4.